The molecule has 22 heavy (non-hydrogen) atoms. The van der Waals surface area contributed by atoms with E-state index in [4.69, 9.17) is 37.8 Å². The predicted octanol–water partition coefficient (Wildman–Crippen LogP) is 4.61. The maximum atomic E-state index is 6.41. The van der Waals surface area contributed by atoms with E-state index in [2.05, 4.69) is 15.9 Å². The molecule has 1 atom stereocenters. The van der Waals surface area contributed by atoms with Gasteiger partial charge in [0.05, 0.1) is 10.1 Å². The number of hydroxylamine groups is 2. The molecule has 0 aliphatic carbocycles. The zero-order chi connectivity index (χ0) is 15.7. The van der Waals surface area contributed by atoms with E-state index in [0.29, 0.717) is 21.5 Å². The number of halogens is 3. The molecule has 1 fully saturated rings. The molecular weight excluding hydrogens is 391 g/mol. The Hall–Kier alpha value is -1.01. The van der Waals surface area contributed by atoms with Crippen LogP contribution in [0, 0.1) is 0 Å². The molecule has 0 bridgehead atoms. The summed E-state index contributed by atoms with van der Waals surface area (Å²) in [6.45, 7) is 3.76. The molecule has 1 saturated heterocycles. The van der Waals surface area contributed by atoms with Gasteiger partial charge in [-0.25, -0.2) is 14.9 Å². The van der Waals surface area contributed by atoms with Crippen LogP contribution in [-0.2, 0) is 4.84 Å². The predicted molar refractivity (Wildman–Crippen MR) is 89.1 cm³/mol. The number of nitrogens with zero attached hydrogens (tertiary/aromatic N) is 2. The highest BCUT2D eigenvalue weighted by Crippen LogP contribution is 2.51. The van der Waals surface area contributed by atoms with Crippen molar-refractivity contribution in [3.8, 4) is 5.75 Å². The Kier molecular flexibility index (Phi) is 2.99. The normalized spacial score (nSPS) is 27.4. The number of rotatable bonds is 1. The van der Waals surface area contributed by atoms with Gasteiger partial charge in [-0.05, 0) is 48.0 Å². The van der Waals surface area contributed by atoms with E-state index in [0.717, 1.165) is 10.0 Å². The Morgan fingerprint density at radius 1 is 1.27 bits per heavy atom. The molecule has 4 rings (SSSR count). The Labute approximate surface area is 146 Å². The molecule has 0 radical (unpaired) electrons. The van der Waals surface area contributed by atoms with Crippen molar-refractivity contribution >= 4 is 44.8 Å². The third-order valence-corrected chi connectivity index (χ3v) is 5.21. The quantitative estimate of drug-likeness (QED) is 0.644. The number of hydrogen-bond acceptors (Lipinski definition) is 4. The molecule has 1 aromatic rings. The second-order valence-electron chi connectivity index (χ2n) is 5.69. The summed E-state index contributed by atoms with van der Waals surface area (Å²) in [6, 6.07) is 3.65. The van der Waals surface area contributed by atoms with Crippen molar-refractivity contribution in [1.29, 1.82) is 0 Å². The second-order valence-corrected chi connectivity index (χ2v) is 7.36. The van der Waals surface area contributed by atoms with Crippen LogP contribution in [0.25, 0.3) is 0 Å². The van der Waals surface area contributed by atoms with Gasteiger partial charge < -0.3 is 4.74 Å². The van der Waals surface area contributed by atoms with Gasteiger partial charge in [-0.3, -0.25) is 0 Å². The van der Waals surface area contributed by atoms with Gasteiger partial charge in [0.25, 0.3) is 5.72 Å². The lowest BCUT2D eigenvalue weighted by Crippen LogP contribution is -2.40. The summed E-state index contributed by atoms with van der Waals surface area (Å²) in [6.07, 6.45) is 5.46. The summed E-state index contributed by atoms with van der Waals surface area (Å²) in [4.78, 5) is 10.5. The van der Waals surface area contributed by atoms with E-state index in [-0.39, 0.29) is 0 Å². The highest BCUT2D eigenvalue weighted by molar-refractivity contribution is 9.10. The minimum absolute atomic E-state index is 0.559. The van der Waals surface area contributed by atoms with Gasteiger partial charge in [0, 0.05) is 22.3 Å². The average Bonchev–Trinajstić information content (AvgIpc) is 3.16. The van der Waals surface area contributed by atoms with Crippen LogP contribution in [0.15, 0.2) is 45.0 Å². The number of fused-ring (bicyclic) bond motifs is 2. The number of ether oxygens (including phenoxy) is 1. The molecule has 1 aromatic carbocycles. The van der Waals surface area contributed by atoms with Crippen LogP contribution < -0.4 is 4.74 Å². The summed E-state index contributed by atoms with van der Waals surface area (Å²) in [5.41, 5.74) is -0.0783. The molecule has 114 valence electrons. The monoisotopic (exact) mass is 400 g/mol. The first-order valence-electron chi connectivity index (χ1n) is 6.65. The molecule has 1 unspecified atom stereocenters. The van der Waals surface area contributed by atoms with Gasteiger partial charge in [-0.15, -0.1) is 0 Å². The van der Waals surface area contributed by atoms with Crippen molar-refractivity contribution in [2.45, 2.75) is 25.3 Å². The molecular formula is C15H11BrCl2N2O2. The largest absolute Gasteiger partial charge is 0.466 e. The first-order valence-corrected chi connectivity index (χ1v) is 8.20. The third kappa shape index (κ3) is 1.96. The summed E-state index contributed by atoms with van der Waals surface area (Å²) in [5, 5.41) is 2.82. The maximum absolute atomic E-state index is 6.41. The van der Waals surface area contributed by atoms with E-state index in [1.807, 2.05) is 32.2 Å². The number of aliphatic imine (C=N–C) groups is 1. The van der Waals surface area contributed by atoms with Gasteiger partial charge in [-0.1, -0.05) is 23.2 Å². The van der Waals surface area contributed by atoms with Crippen molar-refractivity contribution in [3.63, 3.8) is 0 Å². The average molecular weight is 402 g/mol. The standard InChI is InChI=1S/C15H11BrCl2N2O2/c1-14(2)19-13(15-12(18)4-3-5-20(15)22-15)8-6-9(16)10(17)7-11(8)21-14/h3-7H,1-2H3. The van der Waals surface area contributed by atoms with Crippen molar-refractivity contribution < 1.29 is 9.57 Å². The van der Waals surface area contributed by atoms with Crippen molar-refractivity contribution in [2.24, 2.45) is 4.99 Å². The van der Waals surface area contributed by atoms with Crippen LogP contribution >= 0.6 is 39.1 Å². The van der Waals surface area contributed by atoms with Crippen LogP contribution in [-0.4, -0.2) is 22.2 Å². The second kappa shape index (κ2) is 4.51. The van der Waals surface area contributed by atoms with Gasteiger partial charge in [0.1, 0.15) is 11.5 Å². The lowest BCUT2D eigenvalue weighted by Gasteiger charge is -2.32. The van der Waals surface area contributed by atoms with Gasteiger partial charge in [-0.2, -0.15) is 0 Å². The number of hydrogen-bond donors (Lipinski definition) is 0. The first kappa shape index (κ1) is 14.6. The summed E-state index contributed by atoms with van der Waals surface area (Å²) >= 11 is 16.0. The van der Waals surface area contributed by atoms with Crippen molar-refractivity contribution in [3.05, 3.63) is 50.6 Å². The van der Waals surface area contributed by atoms with Gasteiger partial charge >= 0.3 is 0 Å². The smallest absolute Gasteiger partial charge is 0.269 e. The Morgan fingerprint density at radius 3 is 2.77 bits per heavy atom. The molecule has 3 heterocycles. The van der Waals surface area contributed by atoms with Crippen LogP contribution in [0.2, 0.25) is 5.02 Å². The fourth-order valence-corrected chi connectivity index (χ4v) is 3.44. The van der Waals surface area contributed by atoms with Gasteiger partial charge in [0.15, 0.2) is 5.72 Å². The van der Waals surface area contributed by atoms with Crippen LogP contribution in [0.5, 0.6) is 5.75 Å². The molecule has 4 nitrogen and oxygen atoms in total. The lowest BCUT2D eigenvalue weighted by molar-refractivity contribution is 0.114. The van der Waals surface area contributed by atoms with E-state index in [1.54, 1.807) is 17.2 Å². The molecule has 7 heteroatoms. The zero-order valence-corrected chi connectivity index (χ0v) is 14.8. The Bertz CT molecular complexity index is 788. The Balaban J connectivity index is 1.93. The lowest BCUT2D eigenvalue weighted by atomic mass is 9.96. The Morgan fingerprint density at radius 2 is 2.05 bits per heavy atom. The minimum atomic E-state index is -0.862. The summed E-state index contributed by atoms with van der Waals surface area (Å²) < 4.78 is 6.69. The van der Waals surface area contributed by atoms with E-state index < -0.39 is 11.4 Å². The van der Waals surface area contributed by atoms with E-state index in [9.17, 15) is 0 Å². The van der Waals surface area contributed by atoms with Crippen LogP contribution in [0.4, 0.5) is 0 Å². The molecule has 0 saturated carbocycles. The maximum Gasteiger partial charge on any atom is 0.269 e. The SMILES string of the molecule is CC1(C)N=C(C23ON2C=CC=C3Cl)c2cc(Br)c(Cl)cc2O1. The molecule has 0 N–H and O–H groups in total. The molecule has 0 aromatic heterocycles. The molecule has 0 spiro atoms. The summed E-state index contributed by atoms with van der Waals surface area (Å²) in [7, 11) is 0. The minimum Gasteiger partial charge on any atom is -0.466 e. The van der Waals surface area contributed by atoms with Crippen molar-refractivity contribution in [2.75, 3.05) is 0 Å². The topological polar surface area (TPSA) is 37.1 Å². The number of allylic oxidation sites excluding steroid dienone is 2. The summed E-state index contributed by atoms with van der Waals surface area (Å²) in [5.74, 6) is 0.659. The molecule has 3 aliphatic rings. The van der Waals surface area contributed by atoms with Gasteiger partial charge in [0.2, 0.25) is 0 Å². The highest BCUT2D eigenvalue weighted by atomic mass is 79.9. The zero-order valence-electron chi connectivity index (χ0n) is 11.7. The fraction of sp³-hybridized carbons (Fsp3) is 0.267. The van der Waals surface area contributed by atoms with E-state index in [1.165, 1.54) is 0 Å². The van der Waals surface area contributed by atoms with E-state index >= 15 is 0 Å². The van der Waals surface area contributed by atoms with Crippen molar-refractivity contribution in [1.82, 2.24) is 5.06 Å². The third-order valence-electron chi connectivity index (χ3n) is 3.64. The first-order chi connectivity index (χ1) is 10.3. The molecule has 3 aliphatic heterocycles. The number of benzene rings is 1. The fourth-order valence-electron chi connectivity index (χ4n) is 2.66. The van der Waals surface area contributed by atoms with Crippen LogP contribution in [0.1, 0.15) is 19.4 Å². The highest BCUT2D eigenvalue weighted by Gasteiger charge is 2.63. The van der Waals surface area contributed by atoms with Crippen LogP contribution in [0.3, 0.4) is 0 Å². The molecule has 0 amide bonds.